The van der Waals surface area contributed by atoms with Crippen LogP contribution >= 0.6 is 12.6 Å². The van der Waals surface area contributed by atoms with Crippen molar-refractivity contribution >= 4 is 12.6 Å². The fraction of sp³-hybridized carbons (Fsp3) is 0. The van der Waals surface area contributed by atoms with Gasteiger partial charge in [0, 0.05) is 12.4 Å². The average Bonchev–Trinajstić information content (AvgIpc) is 1.93. The molecule has 0 fully saturated rings. The molecule has 1 rings (SSSR count). The van der Waals surface area contributed by atoms with E-state index in [-0.39, 0.29) is 0 Å². The zero-order valence-corrected chi connectivity index (χ0v) is 5.62. The summed E-state index contributed by atoms with van der Waals surface area (Å²) in [5.41, 5.74) is 0. The number of nitriles is 1. The molecule has 0 saturated heterocycles. The zero-order valence-electron chi connectivity index (χ0n) is 4.73. The Hall–Kier alpha value is -1.01. The van der Waals surface area contributed by atoms with Crippen molar-refractivity contribution in [3.63, 3.8) is 0 Å². The van der Waals surface area contributed by atoms with E-state index in [1.807, 2.05) is 18.2 Å². The molecule has 0 spiro atoms. The minimum Gasteiger partial charge on any atom is -0.265 e. The van der Waals surface area contributed by atoms with E-state index in [1.165, 1.54) is 5.40 Å². The summed E-state index contributed by atoms with van der Waals surface area (Å²) in [7, 11) is 0. The fourth-order valence-electron chi connectivity index (χ4n) is 0.313. The fourth-order valence-corrected chi connectivity index (χ4v) is 0.313. The Morgan fingerprint density at radius 1 is 1.22 bits per heavy atom. The summed E-state index contributed by atoms with van der Waals surface area (Å²) in [6.07, 6.45) is 3.50. The molecule has 0 aromatic carbocycles. The lowest BCUT2D eigenvalue weighted by Gasteiger charge is -1.70. The number of thiocyanates is 1. The minimum absolute atomic E-state index is 1.44. The van der Waals surface area contributed by atoms with Gasteiger partial charge in [0.05, 0.1) is 0 Å². The van der Waals surface area contributed by atoms with Crippen molar-refractivity contribution in [3.8, 4) is 5.40 Å². The number of rotatable bonds is 0. The lowest BCUT2D eigenvalue weighted by Crippen LogP contribution is -1.58. The van der Waals surface area contributed by atoms with Crippen LogP contribution in [0.4, 0.5) is 0 Å². The Bertz CT molecular complexity index is 141. The van der Waals surface area contributed by atoms with Gasteiger partial charge in [-0.1, -0.05) is 18.7 Å². The lowest BCUT2D eigenvalue weighted by atomic mass is 10.5. The number of thiol groups is 1. The standard InChI is InChI=1S/C5H5N.CHNS/c1-2-4-6-5-3-1;2-1-3/h1-5H;3H. The van der Waals surface area contributed by atoms with Crippen molar-refractivity contribution in [1.29, 1.82) is 5.26 Å². The van der Waals surface area contributed by atoms with E-state index in [0.717, 1.165) is 0 Å². The molecule has 0 aliphatic carbocycles. The minimum atomic E-state index is 1.44. The summed E-state index contributed by atoms with van der Waals surface area (Å²) in [4.78, 5) is 3.78. The van der Waals surface area contributed by atoms with Crippen molar-refractivity contribution < 1.29 is 0 Å². The van der Waals surface area contributed by atoms with E-state index in [0.29, 0.717) is 0 Å². The van der Waals surface area contributed by atoms with Gasteiger partial charge in [-0.15, -0.1) is 0 Å². The largest absolute Gasteiger partial charge is 0.265 e. The molecule has 1 aromatic heterocycles. The third-order valence-electron chi connectivity index (χ3n) is 0.566. The third-order valence-corrected chi connectivity index (χ3v) is 0.566. The highest BCUT2D eigenvalue weighted by Crippen LogP contribution is 1.73. The van der Waals surface area contributed by atoms with Gasteiger partial charge < -0.3 is 0 Å². The molecule has 1 aromatic rings. The summed E-state index contributed by atoms with van der Waals surface area (Å²) >= 11 is 3.09. The SMILES string of the molecule is N#CS.c1ccncc1. The van der Waals surface area contributed by atoms with Crippen LogP contribution in [0.1, 0.15) is 0 Å². The van der Waals surface area contributed by atoms with Crippen molar-refractivity contribution in [2.75, 3.05) is 0 Å². The topological polar surface area (TPSA) is 36.7 Å². The first-order chi connectivity index (χ1) is 4.41. The first-order valence-electron chi connectivity index (χ1n) is 2.30. The van der Waals surface area contributed by atoms with E-state index in [2.05, 4.69) is 17.6 Å². The van der Waals surface area contributed by atoms with Crippen LogP contribution < -0.4 is 0 Å². The van der Waals surface area contributed by atoms with E-state index in [9.17, 15) is 0 Å². The van der Waals surface area contributed by atoms with Crippen LogP contribution in [0.25, 0.3) is 0 Å². The molecule has 2 nitrogen and oxygen atoms in total. The average molecular weight is 138 g/mol. The molecule has 0 bridgehead atoms. The van der Waals surface area contributed by atoms with Crippen LogP contribution in [0.15, 0.2) is 30.6 Å². The maximum atomic E-state index is 7.18. The number of aromatic nitrogens is 1. The molecule has 0 aliphatic rings. The van der Waals surface area contributed by atoms with Crippen LogP contribution in [-0.4, -0.2) is 4.98 Å². The Kier molecular flexibility index (Phi) is 6.21. The Morgan fingerprint density at radius 2 is 1.67 bits per heavy atom. The molecular weight excluding hydrogens is 132 g/mol. The molecule has 1 heterocycles. The second-order valence-electron chi connectivity index (χ2n) is 1.12. The normalized spacial score (nSPS) is 6.22. The van der Waals surface area contributed by atoms with E-state index < -0.39 is 0 Å². The monoisotopic (exact) mass is 138 g/mol. The van der Waals surface area contributed by atoms with Crippen molar-refractivity contribution in [3.05, 3.63) is 30.6 Å². The van der Waals surface area contributed by atoms with Gasteiger partial charge in [0.25, 0.3) is 0 Å². The first-order valence-corrected chi connectivity index (χ1v) is 2.74. The van der Waals surface area contributed by atoms with Crippen LogP contribution in [0, 0.1) is 10.7 Å². The maximum absolute atomic E-state index is 7.18. The number of pyridine rings is 1. The summed E-state index contributed by atoms with van der Waals surface area (Å²) in [6.45, 7) is 0. The summed E-state index contributed by atoms with van der Waals surface area (Å²) in [5.74, 6) is 0. The number of hydrogen-bond donors (Lipinski definition) is 1. The molecule has 0 unspecified atom stereocenters. The van der Waals surface area contributed by atoms with Crippen LogP contribution in [0.3, 0.4) is 0 Å². The predicted molar refractivity (Wildman–Crippen MR) is 38.8 cm³/mol. The van der Waals surface area contributed by atoms with Crippen LogP contribution in [-0.2, 0) is 0 Å². The lowest BCUT2D eigenvalue weighted by molar-refractivity contribution is 1.33. The molecule has 9 heavy (non-hydrogen) atoms. The van der Waals surface area contributed by atoms with Gasteiger partial charge in [-0.3, -0.25) is 4.98 Å². The maximum Gasteiger partial charge on any atom is 0.130 e. The summed E-state index contributed by atoms with van der Waals surface area (Å²) < 4.78 is 0. The summed E-state index contributed by atoms with van der Waals surface area (Å²) in [5, 5.41) is 8.63. The molecule has 0 amide bonds. The van der Waals surface area contributed by atoms with Crippen LogP contribution in [0.2, 0.25) is 0 Å². The van der Waals surface area contributed by atoms with E-state index in [4.69, 9.17) is 5.26 Å². The zero-order chi connectivity index (χ0) is 6.95. The molecule has 46 valence electrons. The van der Waals surface area contributed by atoms with Gasteiger partial charge in [-0.05, 0) is 12.1 Å². The molecule has 0 radical (unpaired) electrons. The Morgan fingerprint density at radius 3 is 1.78 bits per heavy atom. The second-order valence-corrected chi connectivity index (χ2v) is 1.32. The number of nitrogens with zero attached hydrogens (tertiary/aromatic N) is 2. The third kappa shape index (κ3) is 6.99. The smallest absolute Gasteiger partial charge is 0.130 e. The summed E-state index contributed by atoms with van der Waals surface area (Å²) in [6, 6.07) is 5.72. The molecule has 0 N–H and O–H groups in total. The van der Waals surface area contributed by atoms with Gasteiger partial charge >= 0.3 is 0 Å². The van der Waals surface area contributed by atoms with Crippen molar-refractivity contribution in [2.45, 2.75) is 0 Å². The van der Waals surface area contributed by atoms with Gasteiger partial charge in [-0.25, -0.2) is 0 Å². The van der Waals surface area contributed by atoms with Gasteiger partial charge in [0.1, 0.15) is 5.40 Å². The van der Waals surface area contributed by atoms with E-state index >= 15 is 0 Å². The van der Waals surface area contributed by atoms with Crippen LogP contribution in [0.5, 0.6) is 0 Å². The molecule has 3 heteroatoms. The Labute approximate surface area is 59.6 Å². The van der Waals surface area contributed by atoms with E-state index in [1.54, 1.807) is 12.4 Å². The second kappa shape index (κ2) is 6.99. The molecule has 0 atom stereocenters. The highest BCUT2D eigenvalue weighted by atomic mass is 32.1. The molecular formula is C6H6N2S. The van der Waals surface area contributed by atoms with Crippen molar-refractivity contribution in [1.82, 2.24) is 4.98 Å². The van der Waals surface area contributed by atoms with Gasteiger partial charge in [0.2, 0.25) is 0 Å². The molecule has 0 aliphatic heterocycles. The predicted octanol–water partition coefficient (Wildman–Crippen LogP) is 1.48. The quantitative estimate of drug-likeness (QED) is 0.435. The highest BCUT2D eigenvalue weighted by Gasteiger charge is 1.58. The van der Waals surface area contributed by atoms with Gasteiger partial charge in [0.15, 0.2) is 0 Å². The first kappa shape index (κ1) is 7.99. The Balaban J connectivity index is 0.000000187. The van der Waals surface area contributed by atoms with Gasteiger partial charge in [-0.2, -0.15) is 5.26 Å². The highest BCUT2D eigenvalue weighted by molar-refractivity contribution is 7.85. The number of hydrogen-bond acceptors (Lipinski definition) is 3. The molecule has 0 saturated carbocycles. The van der Waals surface area contributed by atoms with Crippen molar-refractivity contribution in [2.24, 2.45) is 0 Å².